The van der Waals surface area contributed by atoms with Crippen molar-refractivity contribution in [3.05, 3.63) is 62.5 Å². The predicted molar refractivity (Wildman–Crippen MR) is 120 cm³/mol. The summed E-state index contributed by atoms with van der Waals surface area (Å²) in [6.07, 6.45) is 4.67. The third-order valence-electron chi connectivity index (χ3n) is 5.94. The number of rotatable bonds is 5. The first-order valence-corrected chi connectivity index (χ1v) is 11.3. The van der Waals surface area contributed by atoms with Gasteiger partial charge in [-0.1, -0.05) is 37.1 Å². The van der Waals surface area contributed by atoms with Crippen LogP contribution in [-0.4, -0.2) is 16.3 Å². The highest BCUT2D eigenvalue weighted by Gasteiger charge is 2.31. The summed E-state index contributed by atoms with van der Waals surface area (Å²) in [7, 11) is 2.14. The van der Waals surface area contributed by atoms with Crippen LogP contribution in [0.3, 0.4) is 0 Å². The Kier molecular flexibility index (Phi) is 5.33. The molecule has 28 heavy (non-hydrogen) atoms. The summed E-state index contributed by atoms with van der Waals surface area (Å²) in [5.41, 5.74) is 8.26. The van der Waals surface area contributed by atoms with Crippen molar-refractivity contribution in [1.82, 2.24) is 9.78 Å². The van der Waals surface area contributed by atoms with E-state index in [2.05, 4.69) is 74.0 Å². The Bertz CT molecular complexity index is 945. The van der Waals surface area contributed by atoms with Crippen molar-refractivity contribution in [3.63, 3.8) is 0 Å². The molecule has 0 radical (unpaired) electrons. The van der Waals surface area contributed by atoms with Crippen LogP contribution >= 0.6 is 11.3 Å². The second kappa shape index (κ2) is 7.75. The Balaban J connectivity index is 1.83. The van der Waals surface area contributed by atoms with Crippen molar-refractivity contribution < 1.29 is 0 Å². The van der Waals surface area contributed by atoms with Gasteiger partial charge in [-0.3, -0.25) is 4.68 Å². The van der Waals surface area contributed by atoms with Gasteiger partial charge in [0.15, 0.2) is 5.82 Å². The zero-order chi connectivity index (χ0) is 19.8. The highest BCUT2D eigenvalue weighted by atomic mass is 32.1. The molecule has 1 aliphatic rings. The highest BCUT2D eigenvalue weighted by Crippen LogP contribution is 2.42. The molecular formula is C24H31N3S. The van der Waals surface area contributed by atoms with Crippen LogP contribution in [0.2, 0.25) is 0 Å². The van der Waals surface area contributed by atoms with Crippen molar-refractivity contribution in [2.75, 3.05) is 11.4 Å². The molecule has 4 rings (SSSR count). The van der Waals surface area contributed by atoms with Crippen LogP contribution in [0.4, 0.5) is 11.5 Å². The third kappa shape index (κ3) is 3.28. The van der Waals surface area contributed by atoms with Crippen molar-refractivity contribution in [1.29, 1.82) is 0 Å². The molecule has 2 aromatic heterocycles. The maximum atomic E-state index is 5.07. The van der Waals surface area contributed by atoms with Gasteiger partial charge in [0.25, 0.3) is 0 Å². The van der Waals surface area contributed by atoms with Crippen LogP contribution in [0, 0.1) is 20.8 Å². The molecule has 3 aromatic rings. The molecule has 148 valence electrons. The minimum absolute atomic E-state index is 0.450. The van der Waals surface area contributed by atoms with Crippen LogP contribution in [-0.2, 0) is 13.5 Å². The zero-order valence-electron chi connectivity index (χ0n) is 17.7. The highest BCUT2D eigenvalue weighted by molar-refractivity contribution is 7.10. The lowest BCUT2D eigenvalue weighted by molar-refractivity contribution is 0.619. The molecule has 0 aliphatic carbocycles. The monoisotopic (exact) mass is 393 g/mol. The lowest BCUT2D eigenvalue weighted by Crippen LogP contribution is -2.26. The molecule has 3 heterocycles. The minimum Gasteiger partial charge on any atom is -0.324 e. The van der Waals surface area contributed by atoms with Gasteiger partial charge >= 0.3 is 0 Å². The molecule has 0 saturated heterocycles. The quantitative estimate of drug-likeness (QED) is 0.498. The van der Waals surface area contributed by atoms with E-state index in [0.717, 1.165) is 13.0 Å². The minimum atomic E-state index is 0.450. The van der Waals surface area contributed by atoms with Gasteiger partial charge in [-0.25, -0.2) is 0 Å². The number of aromatic nitrogens is 2. The molecule has 1 unspecified atom stereocenters. The van der Waals surface area contributed by atoms with E-state index in [1.807, 2.05) is 11.3 Å². The first-order valence-electron chi connectivity index (χ1n) is 10.5. The summed E-state index contributed by atoms with van der Waals surface area (Å²) in [4.78, 5) is 3.94. The fourth-order valence-electron chi connectivity index (χ4n) is 4.99. The van der Waals surface area contributed by atoms with Gasteiger partial charge in [0.2, 0.25) is 0 Å². The van der Waals surface area contributed by atoms with Crippen LogP contribution in [0.1, 0.15) is 64.9 Å². The molecule has 1 atom stereocenters. The van der Waals surface area contributed by atoms with Crippen molar-refractivity contribution in [2.45, 2.75) is 59.3 Å². The summed E-state index contributed by atoms with van der Waals surface area (Å²) in [6.45, 7) is 9.99. The van der Waals surface area contributed by atoms with Gasteiger partial charge in [-0.2, -0.15) is 5.10 Å². The summed E-state index contributed by atoms with van der Waals surface area (Å²) < 4.78 is 2.17. The van der Waals surface area contributed by atoms with Gasteiger partial charge in [0.05, 0.1) is 5.69 Å². The number of benzene rings is 1. The molecule has 0 saturated carbocycles. The van der Waals surface area contributed by atoms with E-state index in [0.29, 0.717) is 5.92 Å². The SMILES string of the molecule is CCCC(c1cccs1)c1c2c(nn1C)N(c1c(C)cc(C)cc1C)CCC2. The average Bonchev–Trinajstić information content (AvgIpc) is 3.27. The lowest BCUT2D eigenvalue weighted by atomic mass is 9.91. The number of fused-ring (bicyclic) bond motifs is 1. The van der Waals surface area contributed by atoms with Gasteiger partial charge in [-0.05, 0) is 62.6 Å². The Morgan fingerprint density at radius 1 is 1.18 bits per heavy atom. The fraction of sp³-hybridized carbons (Fsp3) is 0.458. The molecule has 3 nitrogen and oxygen atoms in total. The lowest BCUT2D eigenvalue weighted by Gasteiger charge is -2.31. The fourth-order valence-corrected chi connectivity index (χ4v) is 5.85. The zero-order valence-corrected chi connectivity index (χ0v) is 18.6. The molecular weight excluding hydrogens is 362 g/mol. The number of hydrogen-bond acceptors (Lipinski definition) is 3. The number of nitrogens with zero attached hydrogens (tertiary/aromatic N) is 3. The first kappa shape index (κ1) is 19.3. The van der Waals surface area contributed by atoms with E-state index in [4.69, 9.17) is 5.10 Å². The van der Waals surface area contributed by atoms with Gasteiger partial charge in [-0.15, -0.1) is 11.3 Å². The Morgan fingerprint density at radius 2 is 1.93 bits per heavy atom. The molecule has 1 aromatic carbocycles. The first-order chi connectivity index (χ1) is 13.5. The molecule has 0 spiro atoms. The normalized spacial score (nSPS) is 15.0. The topological polar surface area (TPSA) is 21.1 Å². The van der Waals surface area contributed by atoms with Crippen LogP contribution in [0.5, 0.6) is 0 Å². The molecule has 0 fully saturated rings. The summed E-state index contributed by atoms with van der Waals surface area (Å²) in [5.74, 6) is 1.63. The second-order valence-electron chi connectivity index (χ2n) is 8.17. The summed E-state index contributed by atoms with van der Waals surface area (Å²) in [5, 5.41) is 7.27. The average molecular weight is 394 g/mol. The summed E-state index contributed by atoms with van der Waals surface area (Å²) >= 11 is 1.88. The van der Waals surface area contributed by atoms with E-state index in [9.17, 15) is 0 Å². The molecule has 0 N–H and O–H groups in total. The second-order valence-corrected chi connectivity index (χ2v) is 9.15. The number of aryl methyl sites for hydroxylation is 4. The molecule has 0 amide bonds. The van der Waals surface area contributed by atoms with Crippen LogP contribution in [0.15, 0.2) is 29.6 Å². The largest absolute Gasteiger partial charge is 0.324 e. The van der Waals surface area contributed by atoms with E-state index < -0.39 is 0 Å². The number of hydrogen-bond donors (Lipinski definition) is 0. The third-order valence-corrected chi connectivity index (χ3v) is 6.92. The maximum absolute atomic E-state index is 5.07. The standard InChI is InChI=1S/C24H31N3S/c1-6-9-19(21-11-8-13-28-21)23-20-10-7-12-27(24(20)25-26(23)5)22-17(3)14-16(2)15-18(22)4/h8,11,13-15,19H,6-7,9-10,12H2,1-5H3. The van der Waals surface area contributed by atoms with Crippen LogP contribution in [0.25, 0.3) is 0 Å². The number of anilines is 2. The molecule has 1 aliphatic heterocycles. The molecule has 0 bridgehead atoms. The maximum Gasteiger partial charge on any atom is 0.158 e. The molecule has 4 heteroatoms. The van der Waals surface area contributed by atoms with E-state index in [1.54, 1.807) is 0 Å². The van der Waals surface area contributed by atoms with Gasteiger partial charge < -0.3 is 4.90 Å². The summed E-state index contributed by atoms with van der Waals surface area (Å²) in [6, 6.07) is 9.06. The van der Waals surface area contributed by atoms with Crippen LogP contribution < -0.4 is 4.90 Å². The predicted octanol–water partition coefficient (Wildman–Crippen LogP) is 6.42. The van der Waals surface area contributed by atoms with E-state index in [-0.39, 0.29) is 0 Å². The van der Waals surface area contributed by atoms with E-state index >= 15 is 0 Å². The van der Waals surface area contributed by atoms with Crippen molar-refractivity contribution in [2.24, 2.45) is 7.05 Å². The van der Waals surface area contributed by atoms with Gasteiger partial charge in [0.1, 0.15) is 0 Å². The smallest absolute Gasteiger partial charge is 0.158 e. The number of thiophene rings is 1. The Hall–Kier alpha value is -2.07. The van der Waals surface area contributed by atoms with E-state index in [1.165, 1.54) is 63.6 Å². The van der Waals surface area contributed by atoms with Gasteiger partial charge in [0, 0.05) is 35.6 Å². The van der Waals surface area contributed by atoms with Crippen molar-refractivity contribution in [3.8, 4) is 0 Å². The Labute approximate surface area is 173 Å². The van der Waals surface area contributed by atoms with Crippen molar-refractivity contribution >= 4 is 22.8 Å². The Morgan fingerprint density at radius 3 is 2.57 bits per heavy atom.